The first-order chi connectivity index (χ1) is 9.78. The van der Waals surface area contributed by atoms with Crippen molar-refractivity contribution in [3.63, 3.8) is 0 Å². The van der Waals surface area contributed by atoms with E-state index in [-0.39, 0.29) is 17.9 Å². The van der Waals surface area contributed by atoms with Crippen LogP contribution in [-0.4, -0.2) is 41.6 Å². The van der Waals surface area contributed by atoms with E-state index in [9.17, 15) is 22.4 Å². The lowest BCUT2D eigenvalue weighted by Gasteiger charge is -2.23. The van der Waals surface area contributed by atoms with E-state index in [1.54, 1.807) is 0 Å². The molecule has 0 spiro atoms. The van der Waals surface area contributed by atoms with Crippen molar-refractivity contribution < 1.29 is 22.4 Å². The number of carbonyl (C=O) groups is 1. The number of alkyl halides is 3. The Morgan fingerprint density at radius 2 is 2.05 bits per heavy atom. The van der Waals surface area contributed by atoms with Crippen LogP contribution in [-0.2, 0) is 0 Å². The lowest BCUT2D eigenvalue weighted by molar-refractivity contribution is -0.140. The second kappa shape index (κ2) is 7.24. The molecule has 0 aromatic carbocycles. The van der Waals surface area contributed by atoms with Gasteiger partial charge in [-0.05, 0) is 19.4 Å². The Labute approximate surface area is 120 Å². The van der Waals surface area contributed by atoms with Gasteiger partial charge in [-0.15, -0.1) is 0 Å². The van der Waals surface area contributed by atoms with E-state index >= 15 is 0 Å². The molecule has 0 aliphatic heterocycles. The summed E-state index contributed by atoms with van der Waals surface area (Å²) in [6.07, 6.45) is -2.87. The van der Waals surface area contributed by atoms with Crippen molar-refractivity contribution in [3.05, 3.63) is 23.6 Å². The molecule has 1 amide bonds. The second-order valence-corrected chi connectivity index (χ2v) is 4.41. The zero-order valence-corrected chi connectivity index (χ0v) is 11.8. The van der Waals surface area contributed by atoms with Crippen LogP contribution in [0.15, 0.2) is 12.3 Å². The highest BCUT2D eigenvalue weighted by Gasteiger charge is 2.33. The predicted molar refractivity (Wildman–Crippen MR) is 70.6 cm³/mol. The molecule has 0 unspecified atom stereocenters. The van der Waals surface area contributed by atoms with Crippen LogP contribution in [0.3, 0.4) is 0 Å². The Balaban J connectivity index is 3.05. The Morgan fingerprint density at radius 1 is 1.38 bits per heavy atom. The normalized spacial score (nSPS) is 11.3. The maximum absolute atomic E-state index is 13.3. The Bertz CT molecular complexity index is 491. The molecular weight excluding hydrogens is 290 g/mol. The number of halogens is 4. The molecule has 1 heterocycles. The number of nitrogens with one attached hydrogen (secondary N) is 1. The van der Waals surface area contributed by atoms with Crippen molar-refractivity contribution in [1.82, 2.24) is 9.88 Å². The standard InChI is InChI=1S/C13H17F4N3O/c1-3-5-18-11-10(6-9(14)7-19-11)12(21)20(4-2)8-13(15,16)17/h6-7H,3-5,8H2,1-2H3,(H,18,19). The fourth-order valence-electron chi connectivity index (χ4n) is 1.70. The number of nitrogens with zero attached hydrogens (tertiary/aromatic N) is 2. The van der Waals surface area contributed by atoms with Gasteiger partial charge in [0, 0.05) is 13.1 Å². The molecule has 21 heavy (non-hydrogen) atoms. The van der Waals surface area contributed by atoms with Crippen LogP contribution in [0.25, 0.3) is 0 Å². The van der Waals surface area contributed by atoms with E-state index < -0.39 is 24.4 Å². The highest BCUT2D eigenvalue weighted by atomic mass is 19.4. The minimum Gasteiger partial charge on any atom is -0.369 e. The number of amides is 1. The number of aromatic nitrogens is 1. The van der Waals surface area contributed by atoms with Crippen LogP contribution in [0.2, 0.25) is 0 Å². The van der Waals surface area contributed by atoms with Crippen LogP contribution in [0.1, 0.15) is 30.6 Å². The first-order valence-electron chi connectivity index (χ1n) is 6.54. The number of hydrogen-bond acceptors (Lipinski definition) is 3. The summed E-state index contributed by atoms with van der Waals surface area (Å²) in [5, 5.41) is 2.81. The molecule has 1 rings (SSSR count). The quantitative estimate of drug-likeness (QED) is 0.822. The first-order valence-corrected chi connectivity index (χ1v) is 6.54. The van der Waals surface area contributed by atoms with Gasteiger partial charge in [0.05, 0.1) is 11.8 Å². The molecule has 0 saturated carbocycles. The fourth-order valence-corrected chi connectivity index (χ4v) is 1.70. The van der Waals surface area contributed by atoms with Crippen molar-refractivity contribution in [2.75, 3.05) is 25.0 Å². The summed E-state index contributed by atoms with van der Waals surface area (Å²) in [5.41, 5.74) is -0.199. The summed E-state index contributed by atoms with van der Waals surface area (Å²) in [7, 11) is 0. The summed E-state index contributed by atoms with van der Waals surface area (Å²) >= 11 is 0. The van der Waals surface area contributed by atoms with Gasteiger partial charge in [0.2, 0.25) is 0 Å². The third kappa shape index (κ3) is 5.20. The lowest BCUT2D eigenvalue weighted by atomic mass is 10.2. The van der Waals surface area contributed by atoms with E-state index in [1.807, 2.05) is 6.92 Å². The zero-order valence-electron chi connectivity index (χ0n) is 11.8. The molecule has 0 bridgehead atoms. The van der Waals surface area contributed by atoms with Crippen LogP contribution in [0.5, 0.6) is 0 Å². The van der Waals surface area contributed by atoms with E-state index in [4.69, 9.17) is 0 Å². The Morgan fingerprint density at radius 3 is 2.57 bits per heavy atom. The molecule has 4 nitrogen and oxygen atoms in total. The molecule has 0 aliphatic carbocycles. The number of anilines is 1. The summed E-state index contributed by atoms with van der Waals surface area (Å²) in [6.45, 7) is 2.26. The molecule has 1 aromatic rings. The largest absolute Gasteiger partial charge is 0.406 e. The molecule has 118 valence electrons. The van der Waals surface area contributed by atoms with E-state index in [0.717, 1.165) is 18.7 Å². The summed E-state index contributed by atoms with van der Waals surface area (Å²) in [5.74, 6) is -1.59. The van der Waals surface area contributed by atoms with Gasteiger partial charge in [0.25, 0.3) is 5.91 Å². The summed E-state index contributed by atoms with van der Waals surface area (Å²) in [4.78, 5) is 16.5. The van der Waals surface area contributed by atoms with Crippen molar-refractivity contribution >= 4 is 11.7 Å². The lowest BCUT2D eigenvalue weighted by Crippen LogP contribution is -2.39. The smallest absolute Gasteiger partial charge is 0.369 e. The highest BCUT2D eigenvalue weighted by Crippen LogP contribution is 2.21. The monoisotopic (exact) mass is 307 g/mol. The van der Waals surface area contributed by atoms with Crippen molar-refractivity contribution in [2.24, 2.45) is 0 Å². The van der Waals surface area contributed by atoms with E-state index in [2.05, 4.69) is 10.3 Å². The molecule has 8 heteroatoms. The van der Waals surface area contributed by atoms with Gasteiger partial charge in [0.1, 0.15) is 18.2 Å². The Kier molecular flexibility index (Phi) is 5.92. The first kappa shape index (κ1) is 17.2. The number of hydrogen-bond donors (Lipinski definition) is 1. The van der Waals surface area contributed by atoms with Gasteiger partial charge in [-0.2, -0.15) is 13.2 Å². The average molecular weight is 307 g/mol. The molecule has 0 saturated heterocycles. The number of pyridine rings is 1. The number of carbonyl (C=O) groups excluding carboxylic acids is 1. The molecule has 0 radical (unpaired) electrons. The molecule has 0 fully saturated rings. The SMILES string of the molecule is CCCNc1ncc(F)cc1C(=O)N(CC)CC(F)(F)F. The third-order valence-corrected chi connectivity index (χ3v) is 2.67. The maximum atomic E-state index is 13.3. The van der Waals surface area contributed by atoms with Gasteiger partial charge in [-0.3, -0.25) is 4.79 Å². The summed E-state index contributed by atoms with van der Waals surface area (Å²) < 4.78 is 50.6. The van der Waals surface area contributed by atoms with E-state index in [0.29, 0.717) is 11.4 Å². The minimum absolute atomic E-state index is 0.0869. The molecule has 0 atom stereocenters. The fraction of sp³-hybridized carbons (Fsp3) is 0.538. The maximum Gasteiger partial charge on any atom is 0.406 e. The Hall–Kier alpha value is -1.86. The highest BCUT2D eigenvalue weighted by molar-refractivity contribution is 5.98. The van der Waals surface area contributed by atoms with Gasteiger partial charge in [0.15, 0.2) is 0 Å². The van der Waals surface area contributed by atoms with Crippen LogP contribution in [0.4, 0.5) is 23.4 Å². The van der Waals surface area contributed by atoms with Gasteiger partial charge >= 0.3 is 6.18 Å². The minimum atomic E-state index is -4.51. The third-order valence-electron chi connectivity index (χ3n) is 2.67. The average Bonchev–Trinajstić information content (AvgIpc) is 2.41. The van der Waals surface area contributed by atoms with Crippen molar-refractivity contribution in [3.8, 4) is 0 Å². The topological polar surface area (TPSA) is 45.2 Å². The number of rotatable bonds is 6. The van der Waals surface area contributed by atoms with E-state index in [1.165, 1.54) is 6.92 Å². The van der Waals surface area contributed by atoms with Crippen molar-refractivity contribution in [2.45, 2.75) is 26.4 Å². The van der Waals surface area contributed by atoms with Gasteiger partial charge in [-0.25, -0.2) is 9.37 Å². The molecular formula is C13H17F4N3O. The van der Waals surface area contributed by atoms with Gasteiger partial charge < -0.3 is 10.2 Å². The van der Waals surface area contributed by atoms with Crippen LogP contribution < -0.4 is 5.32 Å². The molecule has 1 N–H and O–H groups in total. The van der Waals surface area contributed by atoms with Crippen LogP contribution >= 0.6 is 0 Å². The predicted octanol–water partition coefficient (Wildman–Crippen LogP) is 3.07. The van der Waals surface area contributed by atoms with Crippen LogP contribution in [0, 0.1) is 5.82 Å². The zero-order chi connectivity index (χ0) is 16.0. The second-order valence-electron chi connectivity index (χ2n) is 4.41. The van der Waals surface area contributed by atoms with Gasteiger partial charge in [-0.1, -0.05) is 6.92 Å². The van der Waals surface area contributed by atoms with Crippen molar-refractivity contribution in [1.29, 1.82) is 0 Å². The summed E-state index contributed by atoms with van der Waals surface area (Å²) in [6, 6.07) is 0.895. The molecule has 1 aromatic heterocycles. The molecule has 0 aliphatic rings.